The highest BCUT2D eigenvalue weighted by atomic mass is 32.1. The number of rotatable bonds is 6. The molecule has 0 spiro atoms. The zero-order chi connectivity index (χ0) is 22.1. The SMILES string of the molecule is COc1cc(C)c(NC(=O)c2cc3c(C)nn(Cc4ccc(C)cc4)c3s2)cc1OC. The molecule has 31 heavy (non-hydrogen) atoms. The highest BCUT2D eigenvalue weighted by molar-refractivity contribution is 7.20. The van der Waals surface area contributed by atoms with Gasteiger partial charge >= 0.3 is 0 Å². The first-order valence-electron chi connectivity index (χ1n) is 9.96. The Kier molecular flexibility index (Phi) is 5.69. The molecule has 6 nitrogen and oxygen atoms in total. The fourth-order valence-electron chi connectivity index (χ4n) is 3.50. The van der Waals surface area contributed by atoms with Crippen molar-refractivity contribution >= 4 is 33.1 Å². The van der Waals surface area contributed by atoms with E-state index < -0.39 is 0 Å². The first kappa shape index (κ1) is 20.9. The summed E-state index contributed by atoms with van der Waals surface area (Å²) in [6.45, 7) is 6.64. The van der Waals surface area contributed by atoms with Crippen LogP contribution in [0.1, 0.15) is 32.1 Å². The average molecular weight is 436 g/mol. The molecule has 0 unspecified atom stereocenters. The lowest BCUT2D eigenvalue weighted by Gasteiger charge is -2.13. The minimum absolute atomic E-state index is 0.155. The maximum Gasteiger partial charge on any atom is 0.265 e. The number of hydrogen-bond donors (Lipinski definition) is 1. The Labute approximate surface area is 185 Å². The van der Waals surface area contributed by atoms with E-state index in [2.05, 4.69) is 41.6 Å². The number of hydrogen-bond acceptors (Lipinski definition) is 5. The topological polar surface area (TPSA) is 65.4 Å². The summed E-state index contributed by atoms with van der Waals surface area (Å²) < 4.78 is 12.7. The van der Waals surface area contributed by atoms with Crippen LogP contribution in [-0.2, 0) is 6.54 Å². The lowest BCUT2D eigenvalue weighted by molar-refractivity contribution is 0.103. The van der Waals surface area contributed by atoms with Crippen LogP contribution in [0.15, 0.2) is 42.5 Å². The quantitative estimate of drug-likeness (QED) is 0.444. The second-order valence-corrected chi connectivity index (χ2v) is 8.57. The van der Waals surface area contributed by atoms with Crippen molar-refractivity contribution in [3.63, 3.8) is 0 Å². The summed E-state index contributed by atoms with van der Waals surface area (Å²) in [4.78, 5) is 14.6. The van der Waals surface area contributed by atoms with E-state index in [0.29, 0.717) is 28.6 Å². The number of nitrogens with one attached hydrogen (secondary N) is 1. The number of carbonyl (C=O) groups excluding carboxylic acids is 1. The first-order chi connectivity index (χ1) is 14.9. The molecular weight excluding hydrogens is 410 g/mol. The number of ether oxygens (including phenoxy) is 2. The second kappa shape index (κ2) is 8.43. The number of anilines is 1. The largest absolute Gasteiger partial charge is 0.493 e. The standard InChI is InChI=1S/C24H25N3O3S/c1-14-6-8-17(9-7-14)13-27-24-18(16(3)26-27)11-22(31-24)23(28)25-19-12-21(30-5)20(29-4)10-15(19)2/h6-12H,13H2,1-5H3,(H,25,28). The van der Waals surface area contributed by atoms with Gasteiger partial charge in [-0.05, 0) is 44.0 Å². The van der Waals surface area contributed by atoms with Gasteiger partial charge < -0.3 is 14.8 Å². The van der Waals surface area contributed by atoms with Crippen molar-refractivity contribution in [3.05, 3.63) is 69.7 Å². The van der Waals surface area contributed by atoms with Gasteiger partial charge in [0.2, 0.25) is 0 Å². The number of benzene rings is 2. The van der Waals surface area contributed by atoms with Crippen molar-refractivity contribution in [1.82, 2.24) is 9.78 Å². The summed E-state index contributed by atoms with van der Waals surface area (Å²) in [6, 6.07) is 14.0. The van der Waals surface area contributed by atoms with E-state index in [-0.39, 0.29) is 5.91 Å². The summed E-state index contributed by atoms with van der Waals surface area (Å²) in [6.07, 6.45) is 0. The maximum atomic E-state index is 13.0. The van der Waals surface area contributed by atoms with E-state index >= 15 is 0 Å². The number of aryl methyl sites for hydroxylation is 3. The van der Waals surface area contributed by atoms with E-state index in [1.807, 2.05) is 30.7 Å². The van der Waals surface area contributed by atoms with Crippen LogP contribution in [0.3, 0.4) is 0 Å². The summed E-state index contributed by atoms with van der Waals surface area (Å²) in [5.41, 5.74) is 4.91. The Bertz CT molecular complexity index is 1260. The van der Waals surface area contributed by atoms with Crippen LogP contribution in [0, 0.1) is 20.8 Å². The molecule has 1 amide bonds. The Morgan fingerprint density at radius 2 is 1.71 bits per heavy atom. The predicted molar refractivity (Wildman–Crippen MR) is 125 cm³/mol. The zero-order valence-electron chi connectivity index (χ0n) is 18.3. The molecule has 160 valence electrons. The van der Waals surface area contributed by atoms with Crippen LogP contribution in [0.5, 0.6) is 11.5 Å². The molecule has 0 radical (unpaired) electrons. The van der Waals surface area contributed by atoms with Crippen LogP contribution >= 0.6 is 11.3 Å². The van der Waals surface area contributed by atoms with E-state index in [9.17, 15) is 4.79 Å². The van der Waals surface area contributed by atoms with Gasteiger partial charge in [0.25, 0.3) is 5.91 Å². The Hall–Kier alpha value is -3.32. The molecule has 2 heterocycles. The van der Waals surface area contributed by atoms with Crippen LogP contribution in [0.4, 0.5) is 5.69 Å². The highest BCUT2D eigenvalue weighted by Gasteiger charge is 2.18. The van der Waals surface area contributed by atoms with Crippen LogP contribution in [-0.4, -0.2) is 29.9 Å². The number of carbonyl (C=O) groups is 1. The third-order valence-electron chi connectivity index (χ3n) is 5.26. The maximum absolute atomic E-state index is 13.0. The van der Waals surface area contributed by atoms with Gasteiger partial charge in [0.05, 0.1) is 31.3 Å². The Morgan fingerprint density at radius 3 is 2.39 bits per heavy atom. The van der Waals surface area contributed by atoms with Gasteiger partial charge in [0, 0.05) is 17.1 Å². The van der Waals surface area contributed by atoms with Crippen molar-refractivity contribution in [2.24, 2.45) is 0 Å². The molecule has 7 heteroatoms. The van der Waals surface area contributed by atoms with Crippen molar-refractivity contribution < 1.29 is 14.3 Å². The molecule has 0 fully saturated rings. The van der Waals surface area contributed by atoms with Gasteiger partial charge in [0.1, 0.15) is 4.83 Å². The molecule has 2 aromatic heterocycles. The highest BCUT2D eigenvalue weighted by Crippen LogP contribution is 2.34. The molecule has 0 saturated heterocycles. The lowest BCUT2D eigenvalue weighted by Crippen LogP contribution is -2.11. The van der Waals surface area contributed by atoms with Gasteiger partial charge in [-0.3, -0.25) is 9.48 Å². The fraction of sp³-hybridized carbons (Fsp3) is 0.250. The molecule has 4 rings (SSSR count). The molecule has 2 aromatic carbocycles. The van der Waals surface area contributed by atoms with E-state index in [4.69, 9.17) is 9.47 Å². The number of thiophene rings is 1. The third kappa shape index (κ3) is 4.14. The molecule has 4 aromatic rings. The monoisotopic (exact) mass is 435 g/mol. The number of nitrogens with zero attached hydrogens (tertiary/aromatic N) is 2. The normalized spacial score (nSPS) is 11.0. The number of aromatic nitrogens is 2. The van der Waals surface area contributed by atoms with Gasteiger partial charge in [-0.1, -0.05) is 29.8 Å². The van der Waals surface area contributed by atoms with Gasteiger partial charge in [0.15, 0.2) is 11.5 Å². The van der Waals surface area contributed by atoms with Crippen molar-refractivity contribution in [2.45, 2.75) is 27.3 Å². The van der Waals surface area contributed by atoms with Crippen molar-refractivity contribution in [1.29, 1.82) is 0 Å². The summed E-state index contributed by atoms with van der Waals surface area (Å²) in [7, 11) is 3.17. The molecule has 0 aliphatic rings. The van der Waals surface area contributed by atoms with Gasteiger partial charge in [-0.2, -0.15) is 5.10 Å². The van der Waals surface area contributed by atoms with Crippen LogP contribution in [0.25, 0.3) is 10.2 Å². The minimum Gasteiger partial charge on any atom is -0.493 e. The molecular formula is C24H25N3O3S. The predicted octanol–water partition coefficient (Wildman–Crippen LogP) is 5.34. The van der Waals surface area contributed by atoms with E-state index in [0.717, 1.165) is 21.5 Å². The van der Waals surface area contributed by atoms with E-state index in [1.165, 1.54) is 22.5 Å². The molecule has 0 saturated carbocycles. The van der Waals surface area contributed by atoms with E-state index in [1.54, 1.807) is 20.3 Å². The molecule has 1 N–H and O–H groups in total. The van der Waals surface area contributed by atoms with Crippen molar-refractivity contribution in [3.8, 4) is 11.5 Å². The first-order valence-corrected chi connectivity index (χ1v) is 10.8. The number of methoxy groups -OCH3 is 2. The molecule has 0 bridgehead atoms. The number of fused-ring (bicyclic) bond motifs is 1. The zero-order valence-corrected chi connectivity index (χ0v) is 19.1. The average Bonchev–Trinajstić information content (AvgIpc) is 3.32. The molecule has 0 aliphatic carbocycles. The van der Waals surface area contributed by atoms with Crippen molar-refractivity contribution in [2.75, 3.05) is 19.5 Å². The van der Waals surface area contributed by atoms with Crippen LogP contribution in [0.2, 0.25) is 0 Å². The fourth-order valence-corrected chi connectivity index (χ4v) is 4.55. The van der Waals surface area contributed by atoms with Gasteiger partial charge in [-0.15, -0.1) is 11.3 Å². The number of amides is 1. The molecule has 0 atom stereocenters. The smallest absolute Gasteiger partial charge is 0.265 e. The summed E-state index contributed by atoms with van der Waals surface area (Å²) >= 11 is 1.45. The Balaban J connectivity index is 1.61. The van der Waals surface area contributed by atoms with Gasteiger partial charge in [-0.25, -0.2) is 0 Å². The van der Waals surface area contributed by atoms with Crippen LogP contribution < -0.4 is 14.8 Å². The second-order valence-electron chi connectivity index (χ2n) is 7.53. The third-order valence-corrected chi connectivity index (χ3v) is 6.41. The summed E-state index contributed by atoms with van der Waals surface area (Å²) in [5, 5.41) is 8.68. The minimum atomic E-state index is -0.155. The Morgan fingerprint density at radius 1 is 1.03 bits per heavy atom. The molecule has 0 aliphatic heterocycles. The summed E-state index contributed by atoms with van der Waals surface area (Å²) in [5.74, 6) is 1.05. The lowest BCUT2D eigenvalue weighted by atomic mass is 10.1.